The molecule has 0 radical (unpaired) electrons. The summed E-state index contributed by atoms with van der Waals surface area (Å²) in [6.07, 6.45) is 3.68. The molecule has 1 aliphatic carbocycles. The van der Waals surface area contributed by atoms with Gasteiger partial charge >= 0.3 is 6.03 Å². The number of nitrogens with one attached hydrogen (secondary N) is 1. The SMILES string of the molecule is N#Cc1nc(-c2ccco2)oc1N1CCN(C(=O)NC2CC2)CC1. The third-order valence-electron chi connectivity index (χ3n) is 4.21. The van der Waals surface area contributed by atoms with Crippen LogP contribution < -0.4 is 10.2 Å². The Bertz CT molecular complexity index is 764. The molecule has 8 heteroatoms. The molecule has 2 amide bonds. The average molecular weight is 327 g/mol. The minimum atomic E-state index is -0.00787. The maximum atomic E-state index is 12.1. The van der Waals surface area contributed by atoms with E-state index < -0.39 is 0 Å². The first kappa shape index (κ1) is 14.6. The Morgan fingerprint density at radius 1 is 1.33 bits per heavy atom. The number of nitriles is 1. The van der Waals surface area contributed by atoms with Gasteiger partial charge in [0.2, 0.25) is 11.6 Å². The van der Waals surface area contributed by atoms with Gasteiger partial charge in [0, 0.05) is 32.2 Å². The van der Waals surface area contributed by atoms with E-state index in [1.165, 1.54) is 6.26 Å². The number of hydrogen-bond donors (Lipinski definition) is 1. The number of nitrogens with zero attached hydrogens (tertiary/aromatic N) is 4. The zero-order valence-electron chi connectivity index (χ0n) is 13.1. The Hall–Kier alpha value is -2.95. The monoisotopic (exact) mass is 327 g/mol. The van der Waals surface area contributed by atoms with Crippen molar-refractivity contribution in [3.63, 3.8) is 0 Å². The molecule has 0 bridgehead atoms. The number of furan rings is 1. The van der Waals surface area contributed by atoms with Crippen molar-refractivity contribution in [1.29, 1.82) is 5.26 Å². The summed E-state index contributed by atoms with van der Waals surface area (Å²) < 4.78 is 11.0. The third-order valence-corrected chi connectivity index (χ3v) is 4.21. The molecule has 0 aromatic carbocycles. The molecule has 1 saturated heterocycles. The summed E-state index contributed by atoms with van der Waals surface area (Å²) in [6.45, 7) is 2.36. The molecule has 2 fully saturated rings. The van der Waals surface area contributed by atoms with Crippen molar-refractivity contribution < 1.29 is 13.6 Å². The Labute approximate surface area is 138 Å². The predicted molar refractivity (Wildman–Crippen MR) is 84.3 cm³/mol. The van der Waals surface area contributed by atoms with Crippen LogP contribution in [0, 0.1) is 11.3 Å². The van der Waals surface area contributed by atoms with Crippen molar-refractivity contribution >= 4 is 11.9 Å². The van der Waals surface area contributed by atoms with E-state index in [0.717, 1.165) is 12.8 Å². The molecular weight excluding hydrogens is 310 g/mol. The Kier molecular flexibility index (Phi) is 3.61. The summed E-state index contributed by atoms with van der Waals surface area (Å²) >= 11 is 0. The van der Waals surface area contributed by atoms with E-state index >= 15 is 0 Å². The maximum Gasteiger partial charge on any atom is 0.317 e. The number of hydrogen-bond acceptors (Lipinski definition) is 6. The first-order chi connectivity index (χ1) is 11.7. The summed E-state index contributed by atoms with van der Waals surface area (Å²) in [5, 5.41) is 12.3. The van der Waals surface area contributed by atoms with Gasteiger partial charge in [0.15, 0.2) is 5.76 Å². The highest BCUT2D eigenvalue weighted by atomic mass is 16.4. The fourth-order valence-electron chi connectivity index (χ4n) is 2.71. The Balaban J connectivity index is 1.45. The fraction of sp³-hybridized carbons (Fsp3) is 0.438. The van der Waals surface area contributed by atoms with Crippen molar-refractivity contribution in [2.24, 2.45) is 0 Å². The zero-order valence-corrected chi connectivity index (χ0v) is 13.1. The topological polar surface area (TPSA) is 98.5 Å². The lowest BCUT2D eigenvalue weighted by Gasteiger charge is -2.34. The van der Waals surface area contributed by atoms with E-state index in [1.54, 1.807) is 17.0 Å². The number of oxazole rings is 1. The number of carbonyl (C=O) groups is 1. The van der Waals surface area contributed by atoms with Crippen molar-refractivity contribution in [1.82, 2.24) is 15.2 Å². The van der Waals surface area contributed by atoms with Gasteiger partial charge in [-0.3, -0.25) is 0 Å². The molecule has 3 heterocycles. The predicted octanol–water partition coefficient (Wildman–Crippen LogP) is 1.80. The molecule has 24 heavy (non-hydrogen) atoms. The first-order valence-electron chi connectivity index (χ1n) is 8.00. The largest absolute Gasteiger partial charge is 0.459 e. The highest BCUT2D eigenvalue weighted by Gasteiger charge is 2.30. The first-order valence-corrected chi connectivity index (χ1v) is 8.00. The summed E-state index contributed by atoms with van der Waals surface area (Å²) in [6, 6.07) is 5.88. The molecule has 1 N–H and O–H groups in total. The maximum absolute atomic E-state index is 12.1. The highest BCUT2D eigenvalue weighted by Crippen LogP contribution is 2.29. The smallest absolute Gasteiger partial charge is 0.317 e. The van der Waals surface area contributed by atoms with Crippen LogP contribution in [0.5, 0.6) is 0 Å². The third kappa shape index (κ3) is 2.80. The molecule has 2 aliphatic rings. The van der Waals surface area contributed by atoms with Gasteiger partial charge in [-0.05, 0) is 25.0 Å². The van der Waals surface area contributed by atoms with Crippen LogP contribution in [0.1, 0.15) is 18.5 Å². The standard InChI is InChI=1S/C16H17N5O3/c17-10-12-15(24-14(19-12)13-2-1-9-23-13)20-5-7-21(8-6-20)16(22)18-11-3-4-11/h1-2,9,11H,3-8H2,(H,18,22). The van der Waals surface area contributed by atoms with E-state index in [0.29, 0.717) is 49.8 Å². The molecule has 4 rings (SSSR count). The van der Waals surface area contributed by atoms with Crippen LogP contribution in [0.15, 0.2) is 27.2 Å². The van der Waals surface area contributed by atoms with Crippen LogP contribution in [-0.4, -0.2) is 48.1 Å². The second-order valence-corrected chi connectivity index (χ2v) is 5.96. The van der Waals surface area contributed by atoms with Crippen molar-refractivity contribution in [2.75, 3.05) is 31.1 Å². The van der Waals surface area contributed by atoms with Crippen LogP contribution in [0.3, 0.4) is 0 Å². The van der Waals surface area contributed by atoms with Gasteiger partial charge in [0.1, 0.15) is 6.07 Å². The summed E-state index contributed by atoms with van der Waals surface area (Å²) in [5.74, 6) is 1.21. The Morgan fingerprint density at radius 3 is 2.75 bits per heavy atom. The molecule has 8 nitrogen and oxygen atoms in total. The van der Waals surface area contributed by atoms with Gasteiger partial charge in [0.25, 0.3) is 5.89 Å². The lowest BCUT2D eigenvalue weighted by Crippen LogP contribution is -2.52. The second-order valence-electron chi connectivity index (χ2n) is 5.96. The van der Waals surface area contributed by atoms with Crippen LogP contribution >= 0.6 is 0 Å². The number of piperazine rings is 1. The van der Waals surface area contributed by atoms with Gasteiger partial charge in [-0.25, -0.2) is 4.79 Å². The normalized spacial score (nSPS) is 17.6. The van der Waals surface area contributed by atoms with E-state index in [4.69, 9.17) is 8.83 Å². The highest BCUT2D eigenvalue weighted by molar-refractivity contribution is 5.75. The number of anilines is 1. The van der Waals surface area contributed by atoms with E-state index in [-0.39, 0.29) is 11.7 Å². The summed E-state index contributed by atoms with van der Waals surface area (Å²) in [4.78, 5) is 20.0. The van der Waals surface area contributed by atoms with Crippen LogP contribution in [-0.2, 0) is 0 Å². The molecule has 1 aliphatic heterocycles. The minimum absolute atomic E-state index is 0.00787. The van der Waals surface area contributed by atoms with Crippen molar-refractivity contribution in [3.8, 4) is 17.7 Å². The number of amides is 2. The van der Waals surface area contributed by atoms with E-state index in [9.17, 15) is 10.1 Å². The molecular formula is C16H17N5O3. The number of aromatic nitrogens is 1. The van der Waals surface area contributed by atoms with E-state index in [1.807, 2.05) is 4.90 Å². The van der Waals surface area contributed by atoms with E-state index in [2.05, 4.69) is 16.4 Å². The molecule has 0 unspecified atom stereocenters. The van der Waals surface area contributed by atoms with Gasteiger partial charge in [-0.15, -0.1) is 0 Å². The minimum Gasteiger partial charge on any atom is -0.459 e. The van der Waals surface area contributed by atoms with Gasteiger partial charge in [-0.2, -0.15) is 10.2 Å². The zero-order chi connectivity index (χ0) is 16.5. The van der Waals surface area contributed by atoms with Crippen LogP contribution in [0.25, 0.3) is 11.7 Å². The number of carbonyl (C=O) groups excluding carboxylic acids is 1. The molecule has 0 atom stereocenters. The lowest BCUT2D eigenvalue weighted by molar-refractivity contribution is 0.193. The summed E-state index contributed by atoms with van der Waals surface area (Å²) in [5.41, 5.74) is 0.234. The lowest BCUT2D eigenvalue weighted by atomic mass is 10.3. The van der Waals surface area contributed by atoms with Crippen molar-refractivity contribution in [3.05, 3.63) is 24.1 Å². The van der Waals surface area contributed by atoms with Crippen LogP contribution in [0.2, 0.25) is 0 Å². The van der Waals surface area contributed by atoms with Gasteiger partial charge < -0.3 is 24.0 Å². The van der Waals surface area contributed by atoms with Crippen molar-refractivity contribution in [2.45, 2.75) is 18.9 Å². The number of rotatable bonds is 3. The quantitative estimate of drug-likeness (QED) is 0.923. The molecule has 1 saturated carbocycles. The average Bonchev–Trinajstić information content (AvgIpc) is 3.11. The molecule has 2 aromatic heterocycles. The van der Waals surface area contributed by atoms with Crippen LogP contribution in [0.4, 0.5) is 10.7 Å². The van der Waals surface area contributed by atoms with Gasteiger partial charge in [-0.1, -0.05) is 0 Å². The fourth-order valence-corrected chi connectivity index (χ4v) is 2.71. The number of urea groups is 1. The Morgan fingerprint density at radius 2 is 2.12 bits per heavy atom. The van der Waals surface area contributed by atoms with Gasteiger partial charge in [0.05, 0.1) is 6.26 Å². The molecule has 2 aromatic rings. The second kappa shape index (κ2) is 5.92. The molecule has 0 spiro atoms. The molecule has 124 valence electrons. The summed E-state index contributed by atoms with van der Waals surface area (Å²) in [7, 11) is 0.